The van der Waals surface area contributed by atoms with Crippen LogP contribution in [0.3, 0.4) is 0 Å². The summed E-state index contributed by atoms with van der Waals surface area (Å²) in [6.45, 7) is 5.17. The number of carboxylic acids is 1. The lowest BCUT2D eigenvalue weighted by Gasteiger charge is -2.11. The molecular formula is C11H16N2O4. The van der Waals surface area contributed by atoms with Crippen LogP contribution in [-0.2, 0) is 16.0 Å². The van der Waals surface area contributed by atoms with Crippen molar-refractivity contribution in [3.8, 4) is 0 Å². The average molecular weight is 240 g/mol. The zero-order valence-corrected chi connectivity index (χ0v) is 10.1. The Kier molecular flexibility index (Phi) is 4.25. The Morgan fingerprint density at radius 3 is 2.53 bits per heavy atom. The highest BCUT2D eigenvalue weighted by molar-refractivity contribution is 5.85. The number of aromatic nitrogens is 1. The Balaban J connectivity index is 2.64. The third-order valence-corrected chi connectivity index (χ3v) is 2.56. The van der Waals surface area contributed by atoms with E-state index < -0.39 is 12.0 Å². The molecule has 0 radical (unpaired) electrons. The summed E-state index contributed by atoms with van der Waals surface area (Å²) in [4.78, 5) is 22.4. The van der Waals surface area contributed by atoms with E-state index in [4.69, 9.17) is 9.63 Å². The number of aryl methyl sites for hydroxylation is 2. The number of hydrogen-bond donors (Lipinski definition) is 2. The Morgan fingerprint density at radius 2 is 2.12 bits per heavy atom. The number of carbonyl (C=O) groups is 2. The van der Waals surface area contributed by atoms with Gasteiger partial charge in [-0.05, 0) is 20.3 Å². The Morgan fingerprint density at radius 1 is 1.47 bits per heavy atom. The second-order valence-corrected chi connectivity index (χ2v) is 3.85. The maximum Gasteiger partial charge on any atom is 0.326 e. The summed E-state index contributed by atoms with van der Waals surface area (Å²) >= 11 is 0. The summed E-state index contributed by atoms with van der Waals surface area (Å²) < 4.78 is 4.93. The number of carboxylic acid groups (broad SMARTS) is 1. The highest BCUT2D eigenvalue weighted by Gasteiger charge is 2.19. The maximum absolute atomic E-state index is 11.6. The van der Waals surface area contributed by atoms with Crippen molar-refractivity contribution in [2.45, 2.75) is 39.7 Å². The molecule has 1 rings (SSSR count). The molecule has 17 heavy (non-hydrogen) atoms. The van der Waals surface area contributed by atoms with Gasteiger partial charge < -0.3 is 14.9 Å². The highest BCUT2D eigenvalue weighted by atomic mass is 16.5. The molecule has 1 aromatic rings. The van der Waals surface area contributed by atoms with Crippen LogP contribution in [0.1, 0.15) is 30.4 Å². The van der Waals surface area contributed by atoms with Gasteiger partial charge in [-0.3, -0.25) is 4.79 Å². The number of amides is 1. The molecule has 94 valence electrons. The summed E-state index contributed by atoms with van der Waals surface area (Å²) in [5.74, 6) is -0.783. The van der Waals surface area contributed by atoms with Crippen LogP contribution < -0.4 is 5.32 Å². The van der Waals surface area contributed by atoms with Crippen molar-refractivity contribution in [3.05, 3.63) is 17.0 Å². The van der Waals surface area contributed by atoms with Crippen molar-refractivity contribution in [1.29, 1.82) is 0 Å². The fraction of sp³-hybridized carbons (Fsp3) is 0.545. The fourth-order valence-corrected chi connectivity index (χ4v) is 1.50. The molecule has 0 aliphatic heterocycles. The fourth-order valence-electron chi connectivity index (χ4n) is 1.50. The Bertz CT molecular complexity index is 406. The highest BCUT2D eigenvalue weighted by Crippen LogP contribution is 2.12. The topological polar surface area (TPSA) is 92.4 Å². The van der Waals surface area contributed by atoms with Crippen molar-refractivity contribution >= 4 is 11.9 Å². The Hall–Kier alpha value is -1.85. The molecule has 6 nitrogen and oxygen atoms in total. The monoisotopic (exact) mass is 240 g/mol. The second kappa shape index (κ2) is 5.47. The maximum atomic E-state index is 11.6. The third-order valence-electron chi connectivity index (χ3n) is 2.56. The second-order valence-electron chi connectivity index (χ2n) is 3.85. The molecule has 1 amide bonds. The quantitative estimate of drug-likeness (QED) is 0.794. The van der Waals surface area contributed by atoms with Gasteiger partial charge in [-0.2, -0.15) is 0 Å². The van der Waals surface area contributed by atoms with E-state index in [9.17, 15) is 9.59 Å². The molecule has 0 saturated heterocycles. The van der Waals surface area contributed by atoms with Crippen LogP contribution in [0.2, 0.25) is 0 Å². The van der Waals surface area contributed by atoms with Gasteiger partial charge in [0.15, 0.2) is 0 Å². The molecular weight excluding hydrogens is 224 g/mol. The van der Waals surface area contributed by atoms with Crippen LogP contribution in [0.25, 0.3) is 0 Å². The van der Waals surface area contributed by atoms with E-state index >= 15 is 0 Å². The molecule has 0 bridgehead atoms. The van der Waals surface area contributed by atoms with Crippen molar-refractivity contribution in [2.24, 2.45) is 0 Å². The van der Waals surface area contributed by atoms with Crippen LogP contribution >= 0.6 is 0 Å². The van der Waals surface area contributed by atoms with Crippen LogP contribution in [-0.4, -0.2) is 28.2 Å². The van der Waals surface area contributed by atoms with Gasteiger partial charge in [-0.1, -0.05) is 12.1 Å². The predicted octanol–water partition coefficient (Wildman–Crippen LogP) is 0.813. The van der Waals surface area contributed by atoms with E-state index in [2.05, 4.69) is 10.5 Å². The van der Waals surface area contributed by atoms with Crippen LogP contribution in [0.15, 0.2) is 4.52 Å². The molecule has 1 aromatic heterocycles. The van der Waals surface area contributed by atoms with E-state index in [1.807, 2.05) is 0 Å². The molecule has 2 N–H and O–H groups in total. The summed E-state index contributed by atoms with van der Waals surface area (Å²) in [6.07, 6.45) is 0.438. The first-order chi connectivity index (χ1) is 7.95. The molecule has 0 fully saturated rings. The van der Waals surface area contributed by atoms with Gasteiger partial charge in [0.2, 0.25) is 5.91 Å². The molecule has 0 aliphatic carbocycles. The number of aliphatic carboxylic acids is 1. The van der Waals surface area contributed by atoms with Gasteiger partial charge in [0.05, 0.1) is 12.1 Å². The first-order valence-corrected chi connectivity index (χ1v) is 5.39. The first-order valence-electron chi connectivity index (χ1n) is 5.39. The summed E-state index contributed by atoms with van der Waals surface area (Å²) in [5, 5.41) is 15.0. The number of hydrogen-bond acceptors (Lipinski definition) is 4. The smallest absolute Gasteiger partial charge is 0.326 e. The lowest BCUT2D eigenvalue weighted by molar-refractivity contribution is -0.141. The van der Waals surface area contributed by atoms with Crippen LogP contribution in [0.4, 0.5) is 0 Å². The van der Waals surface area contributed by atoms with E-state index in [0.717, 1.165) is 0 Å². The lowest BCUT2D eigenvalue weighted by atomic mass is 10.1. The van der Waals surface area contributed by atoms with E-state index in [1.165, 1.54) is 0 Å². The minimum absolute atomic E-state index is 0.0882. The van der Waals surface area contributed by atoms with Crippen molar-refractivity contribution in [3.63, 3.8) is 0 Å². The number of nitrogens with zero attached hydrogens (tertiary/aromatic N) is 1. The van der Waals surface area contributed by atoms with Crippen molar-refractivity contribution in [1.82, 2.24) is 10.5 Å². The van der Waals surface area contributed by atoms with E-state index in [1.54, 1.807) is 20.8 Å². The molecule has 0 aliphatic rings. The molecule has 6 heteroatoms. The van der Waals surface area contributed by atoms with Crippen LogP contribution in [0, 0.1) is 13.8 Å². The van der Waals surface area contributed by atoms with Gasteiger partial charge in [0.1, 0.15) is 11.8 Å². The van der Waals surface area contributed by atoms with Gasteiger partial charge in [-0.25, -0.2) is 4.79 Å². The summed E-state index contributed by atoms with van der Waals surface area (Å²) in [7, 11) is 0. The van der Waals surface area contributed by atoms with Gasteiger partial charge in [0, 0.05) is 5.56 Å². The summed E-state index contributed by atoms with van der Waals surface area (Å²) in [6, 6.07) is -0.844. The normalized spacial score (nSPS) is 12.2. The minimum atomic E-state index is -1.03. The molecule has 0 unspecified atom stereocenters. The number of nitrogens with one attached hydrogen (secondary N) is 1. The van der Waals surface area contributed by atoms with Gasteiger partial charge in [-0.15, -0.1) is 0 Å². The number of rotatable bonds is 5. The molecule has 0 saturated carbocycles. The van der Waals surface area contributed by atoms with Gasteiger partial charge in [0.25, 0.3) is 0 Å². The number of carbonyl (C=O) groups excluding carboxylic acids is 1. The first kappa shape index (κ1) is 13.2. The lowest BCUT2D eigenvalue weighted by Crippen LogP contribution is -2.41. The van der Waals surface area contributed by atoms with E-state index in [0.29, 0.717) is 23.4 Å². The molecule has 1 heterocycles. The zero-order chi connectivity index (χ0) is 13.0. The van der Waals surface area contributed by atoms with E-state index in [-0.39, 0.29) is 12.3 Å². The molecule has 0 aromatic carbocycles. The molecule has 0 spiro atoms. The van der Waals surface area contributed by atoms with Crippen molar-refractivity contribution in [2.75, 3.05) is 0 Å². The third kappa shape index (κ3) is 3.30. The predicted molar refractivity (Wildman–Crippen MR) is 59.5 cm³/mol. The summed E-state index contributed by atoms with van der Waals surface area (Å²) in [5.41, 5.74) is 1.36. The zero-order valence-electron chi connectivity index (χ0n) is 10.1. The molecule has 1 atom stereocenters. The average Bonchev–Trinajstić information content (AvgIpc) is 2.57. The van der Waals surface area contributed by atoms with Crippen molar-refractivity contribution < 1.29 is 19.2 Å². The van der Waals surface area contributed by atoms with Crippen LogP contribution in [0.5, 0.6) is 0 Å². The Labute approximate surface area is 99.0 Å². The largest absolute Gasteiger partial charge is 0.480 e. The minimum Gasteiger partial charge on any atom is -0.480 e. The standard InChI is InChI=1S/C11H16N2O4/c1-4-9(11(15)16)12-10(14)5-8-6(2)13-17-7(8)3/h9H,4-5H2,1-3H3,(H,12,14)(H,15,16)/t9-/m0/s1. The van der Waals surface area contributed by atoms with Gasteiger partial charge >= 0.3 is 5.97 Å². The SMILES string of the molecule is CC[C@H](NC(=O)Cc1c(C)noc1C)C(=O)O.